The Hall–Kier alpha value is -1.69. The summed E-state index contributed by atoms with van der Waals surface area (Å²) in [6.07, 6.45) is 3.38. The van der Waals surface area contributed by atoms with Gasteiger partial charge in [-0.1, -0.05) is 12.1 Å². The first-order valence-corrected chi connectivity index (χ1v) is 6.31. The Bertz CT molecular complexity index is 552. The third-order valence-corrected chi connectivity index (χ3v) is 2.78. The summed E-state index contributed by atoms with van der Waals surface area (Å²) < 4.78 is 29.8. The zero-order chi connectivity index (χ0) is 13.7. The van der Waals surface area contributed by atoms with Gasteiger partial charge in [0.1, 0.15) is 5.75 Å². The van der Waals surface area contributed by atoms with E-state index in [4.69, 9.17) is 0 Å². The van der Waals surface area contributed by atoms with Crippen LogP contribution in [0.3, 0.4) is 0 Å². The molecular weight excluding hydrogens is 318 g/mol. The lowest BCUT2D eigenvalue weighted by Crippen LogP contribution is -2.06. The van der Waals surface area contributed by atoms with Gasteiger partial charge in [0.25, 0.3) is 0 Å². The highest BCUT2D eigenvalue weighted by Crippen LogP contribution is 2.26. The molecule has 0 saturated heterocycles. The van der Waals surface area contributed by atoms with Crippen molar-refractivity contribution in [1.82, 2.24) is 4.98 Å². The average Bonchev–Trinajstić information content (AvgIpc) is 2.37. The molecule has 0 fully saturated rings. The first kappa shape index (κ1) is 13.7. The maximum absolute atomic E-state index is 12.3. The Morgan fingerprint density at radius 3 is 2.79 bits per heavy atom. The van der Waals surface area contributed by atoms with Gasteiger partial charge in [0.2, 0.25) is 0 Å². The zero-order valence-electron chi connectivity index (χ0n) is 9.82. The monoisotopic (exact) mass is 328 g/mol. The zero-order valence-corrected chi connectivity index (χ0v) is 11.4. The third-order valence-electron chi connectivity index (χ3n) is 2.35. The van der Waals surface area contributed by atoms with Gasteiger partial charge in [-0.2, -0.15) is 8.78 Å². The molecule has 2 aromatic rings. The first-order chi connectivity index (χ1) is 9.15. The standard InChI is InChI=1S/C13H11BrF2N2O/c14-10-5-9(6-17-8-10)7-18-11-3-1-2-4-12(11)19-13(15)16/h1-6,8,13,18H,7H2. The minimum atomic E-state index is -2.84. The van der Waals surface area contributed by atoms with Crippen LogP contribution in [0, 0.1) is 0 Å². The molecule has 0 aliphatic heterocycles. The van der Waals surface area contributed by atoms with Gasteiger partial charge in [0, 0.05) is 23.4 Å². The molecule has 1 aromatic heterocycles. The molecule has 1 heterocycles. The van der Waals surface area contributed by atoms with E-state index < -0.39 is 6.61 Å². The summed E-state index contributed by atoms with van der Waals surface area (Å²) in [4.78, 5) is 4.03. The molecule has 1 N–H and O–H groups in total. The van der Waals surface area contributed by atoms with Gasteiger partial charge in [-0.3, -0.25) is 4.98 Å². The molecule has 1 aromatic carbocycles. The van der Waals surface area contributed by atoms with Crippen molar-refractivity contribution in [3.63, 3.8) is 0 Å². The average molecular weight is 329 g/mol. The minimum absolute atomic E-state index is 0.125. The van der Waals surface area contributed by atoms with E-state index in [0.29, 0.717) is 12.2 Å². The Morgan fingerprint density at radius 1 is 1.26 bits per heavy atom. The lowest BCUT2D eigenvalue weighted by molar-refractivity contribution is -0.0493. The fourth-order valence-electron chi connectivity index (χ4n) is 1.56. The maximum Gasteiger partial charge on any atom is 0.387 e. The lowest BCUT2D eigenvalue weighted by atomic mass is 10.2. The summed E-state index contributed by atoms with van der Waals surface area (Å²) in [7, 11) is 0. The van der Waals surface area contributed by atoms with Crippen molar-refractivity contribution in [3.05, 3.63) is 52.8 Å². The number of alkyl halides is 2. The van der Waals surface area contributed by atoms with Gasteiger partial charge >= 0.3 is 6.61 Å². The number of rotatable bonds is 5. The Morgan fingerprint density at radius 2 is 2.05 bits per heavy atom. The molecule has 0 radical (unpaired) electrons. The molecule has 3 nitrogen and oxygen atoms in total. The normalized spacial score (nSPS) is 10.5. The van der Waals surface area contributed by atoms with Crippen LogP contribution in [0.1, 0.15) is 5.56 Å². The molecule has 100 valence electrons. The van der Waals surface area contributed by atoms with Crippen molar-refractivity contribution in [2.45, 2.75) is 13.2 Å². The third kappa shape index (κ3) is 4.17. The summed E-state index contributed by atoms with van der Waals surface area (Å²) in [5, 5.41) is 3.04. The number of benzene rings is 1. The predicted octanol–water partition coefficient (Wildman–Crippen LogP) is 4.06. The second kappa shape index (κ2) is 6.47. The number of nitrogens with one attached hydrogen (secondary N) is 1. The quantitative estimate of drug-likeness (QED) is 0.898. The molecule has 0 atom stereocenters. The molecule has 0 amide bonds. The topological polar surface area (TPSA) is 34.1 Å². The van der Waals surface area contributed by atoms with Crippen LogP contribution in [0.15, 0.2) is 47.2 Å². The summed E-state index contributed by atoms with van der Waals surface area (Å²) in [6.45, 7) is -2.37. The number of hydrogen-bond acceptors (Lipinski definition) is 3. The molecule has 0 aliphatic rings. The fourth-order valence-corrected chi connectivity index (χ4v) is 1.97. The maximum atomic E-state index is 12.3. The van der Waals surface area contributed by atoms with Crippen molar-refractivity contribution in [1.29, 1.82) is 0 Å². The van der Waals surface area contributed by atoms with E-state index in [9.17, 15) is 8.78 Å². The second-order valence-corrected chi connectivity index (χ2v) is 4.66. The van der Waals surface area contributed by atoms with Crippen LogP contribution in [0.25, 0.3) is 0 Å². The van der Waals surface area contributed by atoms with Crippen LogP contribution in [0.5, 0.6) is 5.75 Å². The summed E-state index contributed by atoms with van der Waals surface area (Å²) in [6, 6.07) is 8.47. The number of hydrogen-bond donors (Lipinski definition) is 1. The second-order valence-electron chi connectivity index (χ2n) is 3.74. The summed E-state index contributed by atoms with van der Waals surface area (Å²) in [5.41, 5.74) is 1.45. The molecule has 6 heteroatoms. The molecule has 19 heavy (non-hydrogen) atoms. The predicted molar refractivity (Wildman–Crippen MR) is 72.3 cm³/mol. The van der Waals surface area contributed by atoms with Gasteiger partial charge in [-0.25, -0.2) is 0 Å². The highest BCUT2D eigenvalue weighted by atomic mass is 79.9. The number of anilines is 1. The molecule has 0 aliphatic carbocycles. The number of para-hydroxylation sites is 2. The van der Waals surface area contributed by atoms with Gasteiger partial charge in [0.05, 0.1) is 5.69 Å². The van der Waals surface area contributed by atoms with E-state index in [2.05, 4.69) is 31.0 Å². The molecular formula is C13H11BrF2N2O. The van der Waals surface area contributed by atoms with E-state index in [0.717, 1.165) is 10.0 Å². The van der Waals surface area contributed by atoms with Crippen LogP contribution in [-0.4, -0.2) is 11.6 Å². The Kier molecular flexibility index (Phi) is 4.68. The van der Waals surface area contributed by atoms with Gasteiger partial charge in [0.15, 0.2) is 0 Å². The Labute approximate surface area is 117 Å². The van der Waals surface area contributed by atoms with Crippen LogP contribution in [-0.2, 0) is 6.54 Å². The van der Waals surface area contributed by atoms with Crippen molar-refractivity contribution >= 4 is 21.6 Å². The van der Waals surface area contributed by atoms with Crippen molar-refractivity contribution in [3.8, 4) is 5.75 Å². The molecule has 2 rings (SSSR count). The number of aromatic nitrogens is 1. The van der Waals surface area contributed by atoms with E-state index >= 15 is 0 Å². The van der Waals surface area contributed by atoms with Crippen molar-refractivity contribution in [2.75, 3.05) is 5.32 Å². The molecule has 0 saturated carbocycles. The van der Waals surface area contributed by atoms with Crippen molar-refractivity contribution < 1.29 is 13.5 Å². The molecule has 0 spiro atoms. The number of ether oxygens (including phenoxy) is 1. The van der Waals surface area contributed by atoms with Gasteiger partial charge in [-0.05, 0) is 39.7 Å². The number of pyridine rings is 1. The van der Waals surface area contributed by atoms with Gasteiger partial charge < -0.3 is 10.1 Å². The first-order valence-electron chi connectivity index (χ1n) is 5.52. The van der Waals surface area contributed by atoms with E-state index in [1.165, 1.54) is 6.07 Å². The van der Waals surface area contributed by atoms with Crippen LogP contribution < -0.4 is 10.1 Å². The van der Waals surface area contributed by atoms with Crippen LogP contribution in [0.4, 0.5) is 14.5 Å². The lowest BCUT2D eigenvalue weighted by Gasteiger charge is -2.12. The smallest absolute Gasteiger partial charge is 0.387 e. The molecule has 0 unspecified atom stereocenters. The van der Waals surface area contributed by atoms with E-state index in [1.807, 2.05) is 6.07 Å². The highest BCUT2D eigenvalue weighted by Gasteiger charge is 2.08. The van der Waals surface area contributed by atoms with Crippen LogP contribution >= 0.6 is 15.9 Å². The number of nitrogens with zero attached hydrogens (tertiary/aromatic N) is 1. The highest BCUT2D eigenvalue weighted by molar-refractivity contribution is 9.10. The van der Waals surface area contributed by atoms with Crippen molar-refractivity contribution in [2.24, 2.45) is 0 Å². The van der Waals surface area contributed by atoms with Crippen LogP contribution in [0.2, 0.25) is 0 Å². The Balaban J connectivity index is 2.07. The summed E-state index contributed by atoms with van der Waals surface area (Å²) >= 11 is 3.32. The minimum Gasteiger partial charge on any atom is -0.433 e. The molecule has 0 bridgehead atoms. The van der Waals surface area contributed by atoms with E-state index in [-0.39, 0.29) is 5.75 Å². The SMILES string of the molecule is FC(F)Oc1ccccc1NCc1cncc(Br)c1. The fraction of sp³-hybridized carbons (Fsp3) is 0.154. The number of halogens is 3. The van der Waals surface area contributed by atoms with Gasteiger partial charge in [-0.15, -0.1) is 0 Å². The summed E-state index contributed by atoms with van der Waals surface area (Å²) in [5.74, 6) is 0.125. The largest absolute Gasteiger partial charge is 0.433 e. The van der Waals surface area contributed by atoms with E-state index in [1.54, 1.807) is 30.6 Å².